The Bertz CT molecular complexity index is 560. The third-order valence-electron chi connectivity index (χ3n) is 3.18. The van der Waals surface area contributed by atoms with Crippen LogP contribution in [0.3, 0.4) is 0 Å². The molecule has 0 spiro atoms. The molecular weight excluding hydrogens is 272 g/mol. The van der Waals surface area contributed by atoms with Crippen LogP contribution in [0.1, 0.15) is 30.7 Å². The van der Waals surface area contributed by atoms with Crippen molar-refractivity contribution in [1.82, 2.24) is 4.98 Å². The molecule has 0 radical (unpaired) electrons. The van der Waals surface area contributed by atoms with Crippen LogP contribution in [0.25, 0.3) is 0 Å². The lowest BCUT2D eigenvalue weighted by Gasteiger charge is -2.24. The first kappa shape index (κ1) is 14.8. The fourth-order valence-electron chi connectivity index (χ4n) is 1.96. The average Bonchev–Trinajstić information content (AvgIpc) is 2.48. The zero-order chi connectivity index (χ0) is 14.5. The molecule has 2 rings (SSSR count). The molecule has 0 aliphatic carbocycles. The van der Waals surface area contributed by atoms with Crippen LogP contribution in [0.15, 0.2) is 42.6 Å². The largest absolute Gasteiger partial charge is 0.481 e. The highest BCUT2D eigenvalue weighted by atomic mass is 35.5. The zero-order valence-corrected chi connectivity index (χ0v) is 12.5. The predicted molar refractivity (Wildman–Crippen MR) is 82.1 cm³/mol. The van der Waals surface area contributed by atoms with Crippen LogP contribution < -0.4 is 10.5 Å². The van der Waals surface area contributed by atoms with E-state index in [0.29, 0.717) is 10.8 Å². The van der Waals surface area contributed by atoms with E-state index in [-0.39, 0.29) is 12.1 Å². The third kappa shape index (κ3) is 3.50. The summed E-state index contributed by atoms with van der Waals surface area (Å²) in [6.07, 6.45) is 2.23. The van der Waals surface area contributed by atoms with E-state index in [1.54, 1.807) is 6.20 Å². The molecule has 1 heterocycles. The van der Waals surface area contributed by atoms with Crippen LogP contribution in [-0.2, 0) is 0 Å². The monoisotopic (exact) mass is 290 g/mol. The highest BCUT2D eigenvalue weighted by molar-refractivity contribution is 6.32. The Balaban J connectivity index is 2.31. The first-order valence-electron chi connectivity index (χ1n) is 6.71. The van der Waals surface area contributed by atoms with Crippen LogP contribution in [0, 0.1) is 6.92 Å². The van der Waals surface area contributed by atoms with Gasteiger partial charge in [0.05, 0.1) is 10.7 Å². The van der Waals surface area contributed by atoms with E-state index >= 15 is 0 Å². The number of benzene rings is 1. The Hall–Kier alpha value is -1.58. The Morgan fingerprint density at radius 2 is 2.10 bits per heavy atom. The van der Waals surface area contributed by atoms with Gasteiger partial charge in [-0.15, -0.1) is 0 Å². The van der Waals surface area contributed by atoms with Gasteiger partial charge >= 0.3 is 0 Å². The SMILES string of the molecule is CCC(N)C(Oc1cc(C)ccc1Cl)c1ccccn1. The maximum Gasteiger partial charge on any atom is 0.156 e. The Morgan fingerprint density at radius 3 is 2.75 bits per heavy atom. The second-order valence-electron chi connectivity index (χ2n) is 4.80. The highest BCUT2D eigenvalue weighted by Crippen LogP contribution is 2.31. The topological polar surface area (TPSA) is 48.1 Å². The van der Waals surface area contributed by atoms with Gasteiger partial charge in [0, 0.05) is 12.2 Å². The molecule has 3 nitrogen and oxygen atoms in total. The van der Waals surface area contributed by atoms with Gasteiger partial charge in [-0.05, 0) is 43.2 Å². The minimum Gasteiger partial charge on any atom is -0.481 e. The molecule has 2 atom stereocenters. The molecule has 20 heavy (non-hydrogen) atoms. The van der Waals surface area contributed by atoms with Crippen LogP contribution in [-0.4, -0.2) is 11.0 Å². The Kier molecular flexibility index (Phi) is 4.99. The molecule has 106 valence electrons. The lowest BCUT2D eigenvalue weighted by atomic mass is 10.1. The summed E-state index contributed by atoms with van der Waals surface area (Å²) in [7, 11) is 0. The molecule has 0 fully saturated rings. The molecule has 0 saturated carbocycles. The van der Waals surface area contributed by atoms with Crippen molar-refractivity contribution in [3.63, 3.8) is 0 Å². The fraction of sp³-hybridized carbons (Fsp3) is 0.312. The first-order valence-corrected chi connectivity index (χ1v) is 7.09. The smallest absolute Gasteiger partial charge is 0.156 e. The summed E-state index contributed by atoms with van der Waals surface area (Å²) < 4.78 is 6.05. The van der Waals surface area contributed by atoms with Gasteiger partial charge in [-0.25, -0.2) is 0 Å². The number of hydrogen-bond donors (Lipinski definition) is 1. The number of halogens is 1. The fourth-order valence-corrected chi connectivity index (χ4v) is 2.13. The molecule has 0 saturated heterocycles. The van der Waals surface area contributed by atoms with E-state index in [9.17, 15) is 0 Å². The lowest BCUT2D eigenvalue weighted by Crippen LogP contribution is -2.32. The van der Waals surface area contributed by atoms with Crippen molar-refractivity contribution in [2.75, 3.05) is 0 Å². The average molecular weight is 291 g/mol. The quantitative estimate of drug-likeness (QED) is 0.908. The third-order valence-corrected chi connectivity index (χ3v) is 3.49. The molecule has 0 aliphatic rings. The number of rotatable bonds is 5. The van der Waals surface area contributed by atoms with Gasteiger partial charge in [0.1, 0.15) is 5.75 Å². The van der Waals surface area contributed by atoms with Gasteiger partial charge in [0.25, 0.3) is 0 Å². The minimum atomic E-state index is -0.305. The number of ether oxygens (including phenoxy) is 1. The van der Waals surface area contributed by atoms with Crippen molar-refractivity contribution >= 4 is 11.6 Å². The van der Waals surface area contributed by atoms with Gasteiger partial charge in [-0.3, -0.25) is 4.98 Å². The van der Waals surface area contributed by atoms with Gasteiger partial charge in [0.2, 0.25) is 0 Å². The Morgan fingerprint density at radius 1 is 1.30 bits per heavy atom. The first-order chi connectivity index (χ1) is 9.61. The number of nitrogens with zero attached hydrogens (tertiary/aromatic N) is 1. The zero-order valence-electron chi connectivity index (χ0n) is 11.7. The van der Waals surface area contributed by atoms with E-state index in [1.807, 2.05) is 50.2 Å². The maximum absolute atomic E-state index is 6.19. The van der Waals surface area contributed by atoms with Crippen molar-refractivity contribution in [2.45, 2.75) is 32.4 Å². The summed E-state index contributed by atoms with van der Waals surface area (Å²) in [5.41, 5.74) is 8.09. The molecule has 1 aromatic heterocycles. The predicted octanol–water partition coefficient (Wildman–Crippen LogP) is 3.90. The number of pyridine rings is 1. The van der Waals surface area contributed by atoms with Crippen LogP contribution >= 0.6 is 11.6 Å². The summed E-state index contributed by atoms with van der Waals surface area (Å²) in [6, 6.07) is 11.3. The summed E-state index contributed by atoms with van der Waals surface area (Å²) >= 11 is 6.19. The van der Waals surface area contributed by atoms with E-state index in [2.05, 4.69) is 4.98 Å². The second kappa shape index (κ2) is 6.73. The van der Waals surface area contributed by atoms with Gasteiger partial charge < -0.3 is 10.5 Å². The number of aryl methyl sites for hydroxylation is 1. The normalized spacial score (nSPS) is 13.8. The molecule has 2 N–H and O–H groups in total. The Labute approximate surface area is 124 Å². The van der Waals surface area contributed by atoms with E-state index in [1.165, 1.54) is 0 Å². The van der Waals surface area contributed by atoms with Crippen LogP contribution in [0.4, 0.5) is 0 Å². The molecule has 2 aromatic rings. The molecule has 4 heteroatoms. The number of aromatic nitrogens is 1. The number of nitrogens with two attached hydrogens (primary N) is 1. The maximum atomic E-state index is 6.19. The minimum absolute atomic E-state index is 0.138. The lowest BCUT2D eigenvalue weighted by molar-refractivity contribution is 0.166. The second-order valence-corrected chi connectivity index (χ2v) is 5.21. The molecule has 2 unspecified atom stereocenters. The van der Waals surface area contributed by atoms with Crippen molar-refractivity contribution < 1.29 is 4.74 Å². The molecule has 1 aromatic carbocycles. The molecule has 0 amide bonds. The summed E-state index contributed by atoms with van der Waals surface area (Å²) in [5, 5.41) is 0.583. The van der Waals surface area contributed by atoms with Crippen molar-refractivity contribution in [2.24, 2.45) is 5.73 Å². The van der Waals surface area contributed by atoms with E-state index in [4.69, 9.17) is 22.1 Å². The standard InChI is InChI=1S/C16H19ClN2O/c1-3-13(18)16(14-6-4-5-9-19-14)20-15-10-11(2)7-8-12(15)17/h4-10,13,16H,3,18H2,1-2H3. The summed E-state index contributed by atoms with van der Waals surface area (Å²) in [5.74, 6) is 0.645. The molecular formula is C16H19ClN2O. The summed E-state index contributed by atoms with van der Waals surface area (Å²) in [4.78, 5) is 4.35. The van der Waals surface area contributed by atoms with Crippen molar-refractivity contribution in [3.05, 3.63) is 58.9 Å². The van der Waals surface area contributed by atoms with Crippen LogP contribution in [0.5, 0.6) is 5.75 Å². The van der Waals surface area contributed by atoms with Crippen molar-refractivity contribution in [1.29, 1.82) is 0 Å². The van der Waals surface area contributed by atoms with Crippen LogP contribution in [0.2, 0.25) is 5.02 Å². The van der Waals surface area contributed by atoms with Gasteiger partial charge in [-0.2, -0.15) is 0 Å². The number of hydrogen-bond acceptors (Lipinski definition) is 3. The van der Waals surface area contributed by atoms with E-state index in [0.717, 1.165) is 17.7 Å². The van der Waals surface area contributed by atoms with Gasteiger partial charge in [-0.1, -0.05) is 30.7 Å². The molecule has 0 aliphatic heterocycles. The highest BCUT2D eigenvalue weighted by Gasteiger charge is 2.22. The van der Waals surface area contributed by atoms with Crippen molar-refractivity contribution in [3.8, 4) is 5.75 Å². The van der Waals surface area contributed by atoms with E-state index < -0.39 is 0 Å². The summed E-state index contributed by atoms with van der Waals surface area (Å²) in [6.45, 7) is 4.03. The van der Waals surface area contributed by atoms with Gasteiger partial charge in [0.15, 0.2) is 6.10 Å². The molecule has 0 bridgehead atoms.